The Balaban J connectivity index is 2.41. The maximum absolute atomic E-state index is 12.6. The molecule has 1 saturated heterocycles. The number of rotatable bonds is 3. The normalized spacial score (nSPS) is 20.9. The van der Waals surface area contributed by atoms with Gasteiger partial charge in [0.2, 0.25) is 10.0 Å². The van der Waals surface area contributed by atoms with Crippen LogP contribution in [0.1, 0.15) is 6.42 Å². The molecule has 8 heteroatoms. The van der Waals surface area contributed by atoms with E-state index in [1.54, 1.807) is 12.1 Å². The summed E-state index contributed by atoms with van der Waals surface area (Å²) >= 11 is 6.50. The number of hydrogen-bond acceptors (Lipinski definition) is 4. The van der Waals surface area contributed by atoms with Crippen molar-refractivity contribution >= 4 is 47.6 Å². The highest BCUT2D eigenvalue weighted by atomic mass is 79.9. The quantitative estimate of drug-likeness (QED) is 0.740. The third-order valence-corrected chi connectivity index (χ3v) is 6.87. The number of benzene rings is 1. The van der Waals surface area contributed by atoms with Crippen molar-refractivity contribution in [2.75, 3.05) is 25.4 Å². The minimum absolute atomic E-state index is 0.0100. The van der Waals surface area contributed by atoms with Gasteiger partial charge in [-0.15, -0.1) is 0 Å². The lowest BCUT2D eigenvalue weighted by Gasteiger charge is -2.18. The van der Waals surface area contributed by atoms with Crippen LogP contribution in [0.3, 0.4) is 0 Å². The van der Waals surface area contributed by atoms with Crippen LogP contribution in [0.4, 0.5) is 5.69 Å². The zero-order valence-electron chi connectivity index (χ0n) is 10.0. The SMILES string of the molecule is Nc1cc(Br)c(S(=O)(=O)N2CCC(CO)C2)c(Br)c1. The fourth-order valence-electron chi connectivity index (χ4n) is 2.12. The minimum atomic E-state index is -3.59. The number of aliphatic hydroxyl groups is 1. The Labute approximate surface area is 129 Å². The van der Waals surface area contributed by atoms with Gasteiger partial charge in [0.25, 0.3) is 0 Å². The summed E-state index contributed by atoms with van der Waals surface area (Å²) in [7, 11) is -3.59. The van der Waals surface area contributed by atoms with E-state index in [2.05, 4.69) is 31.9 Å². The van der Waals surface area contributed by atoms with E-state index in [4.69, 9.17) is 10.8 Å². The zero-order valence-corrected chi connectivity index (χ0v) is 14.0. The van der Waals surface area contributed by atoms with Crippen LogP contribution in [0.15, 0.2) is 26.0 Å². The van der Waals surface area contributed by atoms with E-state index in [0.29, 0.717) is 34.1 Å². The molecule has 0 spiro atoms. The van der Waals surface area contributed by atoms with Crippen molar-refractivity contribution in [1.82, 2.24) is 4.31 Å². The average molecular weight is 414 g/mol. The monoisotopic (exact) mass is 412 g/mol. The van der Waals surface area contributed by atoms with Crippen LogP contribution in [-0.4, -0.2) is 37.5 Å². The molecule has 0 radical (unpaired) electrons. The Hall–Kier alpha value is -0.150. The first kappa shape index (κ1) is 15.2. The standard InChI is InChI=1S/C11H14Br2N2O3S/c12-9-3-8(14)4-10(13)11(9)19(17,18)15-2-1-7(5-15)6-16/h3-4,7,16H,1-2,5-6,14H2. The smallest absolute Gasteiger partial charge is 0.245 e. The summed E-state index contributed by atoms with van der Waals surface area (Å²) in [6.45, 7) is 0.787. The fraction of sp³-hybridized carbons (Fsp3) is 0.455. The number of nitrogens with two attached hydrogens (primary N) is 1. The lowest BCUT2D eigenvalue weighted by molar-refractivity contribution is 0.233. The van der Waals surface area contributed by atoms with E-state index in [9.17, 15) is 8.42 Å². The van der Waals surface area contributed by atoms with Crippen LogP contribution >= 0.6 is 31.9 Å². The highest BCUT2D eigenvalue weighted by Gasteiger charge is 2.34. The van der Waals surface area contributed by atoms with Gasteiger partial charge < -0.3 is 10.8 Å². The van der Waals surface area contributed by atoms with Crippen LogP contribution in [0.5, 0.6) is 0 Å². The maximum Gasteiger partial charge on any atom is 0.245 e. The van der Waals surface area contributed by atoms with Gasteiger partial charge in [0.15, 0.2) is 0 Å². The molecule has 1 aromatic carbocycles. The van der Waals surface area contributed by atoms with Gasteiger partial charge >= 0.3 is 0 Å². The van der Waals surface area contributed by atoms with Crippen LogP contribution in [0.2, 0.25) is 0 Å². The Morgan fingerprint density at radius 1 is 1.37 bits per heavy atom. The van der Waals surface area contributed by atoms with Gasteiger partial charge in [-0.3, -0.25) is 0 Å². The van der Waals surface area contributed by atoms with Crippen LogP contribution in [0, 0.1) is 5.92 Å². The number of nitrogen functional groups attached to an aromatic ring is 1. The molecule has 106 valence electrons. The van der Waals surface area contributed by atoms with Gasteiger partial charge in [-0.1, -0.05) is 0 Å². The minimum Gasteiger partial charge on any atom is -0.399 e. The molecule has 3 N–H and O–H groups in total. The van der Waals surface area contributed by atoms with Crippen LogP contribution in [-0.2, 0) is 10.0 Å². The van der Waals surface area contributed by atoms with Crippen molar-refractivity contribution in [2.45, 2.75) is 11.3 Å². The number of aliphatic hydroxyl groups excluding tert-OH is 1. The first-order valence-electron chi connectivity index (χ1n) is 5.71. The fourth-order valence-corrected chi connectivity index (χ4v) is 6.19. The predicted molar refractivity (Wildman–Crippen MR) is 80.2 cm³/mol. The lowest BCUT2D eigenvalue weighted by atomic mass is 10.1. The van der Waals surface area contributed by atoms with Crippen molar-refractivity contribution in [3.8, 4) is 0 Å². The van der Waals surface area contributed by atoms with Gasteiger partial charge in [-0.25, -0.2) is 8.42 Å². The highest BCUT2D eigenvalue weighted by Crippen LogP contribution is 2.35. The van der Waals surface area contributed by atoms with Gasteiger partial charge in [0.1, 0.15) is 4.90 Å². The Bertz CT molecular complexity index is 569. The number of anilines is 1. The van der Waals surface area contributed by atoms with E-state index >= 15 is 0 Å². The first-order chi connectivity index (χ1) is 8.86. The molecule has 19 heavy (non-hydrogen) atoms. The van der Waals surface area contributed by atoms with E-state index < -0.39 is 10.0 Å². The van der Waals surface area contributed by atoms with E-state index in [0.717, 1.165) is 0 Å². The van der Waals surface area contributed by atoms with E-state index in [-0.39, 0.29) is 17.4 Å². The molecule has 1 unspecified atom stereocenters. The molecule has 1 heterocycles. The zero-order chi connectivity index (χ0) is 14.2. The summed E-state index contributed by atoms with van der Waals surface area (Å²) in [5.41, 5.74) is 6.15. The topological polar surface area (TPSA) is 83.6 Å². The number of sulfonamides is 1. The first-order valence-corrected chi connectivity index (χ1v) is 8.74. The second-order valence-corrected chi connectivity index (χ2v) is 8.10. The lowest BCUT2D eigenvalue weighted by Crippen LogP contribution is -2.30. The Kier molecular flexibility index (Phi) is 4.56. The number of nitrogens with zero attached hydrogens (tertiary/aromatic N) is 1. The van der Waals surface area contributed by atoms with Gasteiger partial charge in [-0.05, 0) is 56.3 Å². The molecule has 0 bridgehead atoms. The number of hydrogen-bond donors (Lipinski definition) is 2. The van der Waals surface area contributed by atoms with E-state index in [1.807, 2.05) is 0 Å². The molecule has 1 aliphatic heterocycles. The molecule has 0 amide bonds. The van der Waals surface area contributed by atoms with Crippen molar-refractivity contribution < 1.29 is 13.5 Å². The summed E-state index contributed by atoms with van der Waals surface area (Å²) in [6.07, 6.45) is 0.680. The van der Waals surface area contributed by atoms with Gasteiger partial charge in [-0.2, -0.15) is 4.31 Å². The number of halogens is 2. The molecule has 0 aliphatic carbocycles. The summed E-state index contributed by atoms with van der Waals surface area (Å²) in [5, 5.41) is 9.11. The highest BCUT2D eigenvalue weighted by molar-refractivity contribution is 9.11. The van der Waals surface area contributed by atoms with Crippen molar-refractivity contribution in [1.29, 1.82) is 0 Å². The molecule has 1 aliphatic rings. The Morgan fingerprint density at radius 3 is 2.42 bits per heavy atom. The van der Waals surface area contributed by atoms with Crippen LogP contribution < -0.4 is 5.73 Å². The van der Waals surface area contributed by atoms with Gasteiger partial charge in [0.05, 0.1) is 0 Å². The molecular weight excluding hydrogens is 400 g/mol. The van der Waals surface area contributed by atoms with Crippen molar-refractivity contribution in [3.63, 3.8) is 0 Å². The van der Waals surface area contributed by atoms with Crippen LogP contribution in [0.25, 0.3) is 0 Å². The predicted octanol–water partition coefficient (Wildman–Crippen LogP) is 1.80. The Morgan fingerprint density at radius 2 is 1.95 bits per heavy atom. The largest absolute Gasteiger partial charge is 0.399 e. The third kappa shape index (κ3) is 2.97. The summed E-state index contributed by atoms with van der Waals surface area (Å²) in [4.78, 5) is 0.181. The second kappa shape index (κ2) is 5.69. The summed E-state index contributed by atoms with van der Waals surface area (Å²) in [6, 6.07) is 3.13. The molecule has 5 nitrogen and oxygen atoms in total. The van der Waals surface area contributed by atoms with Crippen molar-refractivity contribution in [2.24, 2.45) is 5.92 Å². The van der Waals surface area contributed by atoms with Crippen molar-refractivity contribution in [3.05, 3.63) is 21.1 Å². The molecule has 1 atom stereocenters. The average Bonchev–Trinajstić information content (AvgIpc) is 2.75. The molecule has 1 fully saturated rings. The third-order valence-electron chi connectivity index (χ3n) is 3.13. The molecule has 0 aromatic heterocycles. The molecule has 0 saturated carbocycles. The van der Waals surface area contributed by atoms with E-state index in [1.165, 1.54) is 4.31 Å². The molecular formula is C11H14Br2N2O3S. The summed E-state index contributed by atoms with van der Waals surface area (Å²) in [5.74, 6) is 0.0149. The second-order valence-electron chi connectivity index (χ2n) is 4.51. The summed E-state index contributed by atoms with van der Waals surface area (Å²) < 4.78 is 27.5. The maximum atomic E-state index is 12.6. The molecule has 2 rings (SSSR count). The molecule has 1 aromatic rings. The van der Waals surface area contributed by atoms with Gasteiger partial charge in [0, 0.05) is 34.3 Å².